The molecule has 0 unspecified atom stereocenters. The Balaban J connectivity index is 0.000000121. The summed E-state index contributed by atoms with van der Waals surface area (Å²) in [5, 5.41) is 9.03. The van der Waals surface area contributed by atoms with Crippen molar-refractivity contribution in [3.05, 3.63) is 0 Å². The van der Waals surface area contributed by atoms with E-state index in [4.69, 9.17) is 24.1 Å². The van der Waals surface area contributed by atoms with Crippen molar-refractivity contribution in [3.8, 4) is 0 Å². The van der Waals surface area contributed by atoms with E-state index >= 15 is 0 Å². The van der Waals surface area contributed by atoms with E-state index < -0.39 is 0 Å². The van der Waals surface area contributed by atoms with Gasteiger partial charge in [0.2, 0.25) is 0 Å². The number of hydrogen-bond acceptors (Lipinski definition) is 7. The first-order valence-corrected chi connectivity index (χ1v) is 7.17. The summed E-state index contributed by atoms with van der Waals surface area (Å²) in [6, 6.07) is 0. The first kappa shape index (κ1) is 14.6. The third-order valence-corrected chi connectivity index (χ3v) is 4.77. The van der Waals surface area contributed by atoms with E-state index in [9.17, 15) is 0 Å². The second-order valence-electron chi connectivity index (χ2n) is 5.95. The number of fused-ring (bicyclic) bond motifs is 2. The monoisotopic (exact) mass is 288 g/mol. The largest absolute Gasteiger partial charge is 0.394 e. The minimum Gasteiger partial charge on any atom is -0.394 e. The van der Waals surface area contributed by atoms with Gasteiger partial charge in [0.1, 0.15) is 26.9 Å². The molecule has 0 bridgehead atoms. The molecule has 0 aromatic rings. The summed E-state index contributed by atoms with van der Waals surface area (Å²) in [5.41, 5.74) is 0.0278. The predicted octanol–water partition coefficient (Wildman–Crippen LogP) is -0.592. The number of hydrogen-bond donors (Lipinski definition) is 1. The fourth-order valence-electron chi connectivity index (χ4n) is 3.07. The minimum absolute atomic E-state index is 0.132. The molecule has 0 aromatic heterocycles. The maximum Gasteiger partial charge on any atom is 0.102 e. The van der Waals surface area contributed by atoms with Gasteiger partial charge in [-0.25, -0.2) is 9.80 Å². The van der Waals surface area contributed by atoms with Crippen molar-refractivity contribution < 1.29 is 24.1 Å². The Morgan fingerprint density at radius 2 is 1.20 bits per heavy atom. The van der Waals surface area contributed by atoms with Crippen LogP contribution in [0.5, 0.6) is 0 Å². The van der Waals surface area contributed by atoms with E-state index in [0.29, 0.717) is 26.7 Å². The zero-order chi connectivity index (χ0) is 14.1. The van der Waals surface area contributed by atoms with Crippen LogP contribution >= 0.6 is 0 Å². The first-order chi connectivity index (χ1) is 9.75. The van der Waals surface area contributed by atoms with Crippen molar-refractivity contribution in [1.82, 2.24) is 9.80 Å². The molecule has 0 spiro atoms. The number of ether oxygens (including phenoxy) is 4. The Kier molecular flexibility index (Phi) is 4.28. The van der Waals surface area contributed by atoms with Crippen LogP contribution in [0.3, 0.4) is 0 Å². The number of nitrogens with zero attached hydrogens (tertiary/aromatic N) is 2. The molecule has 0 saturated carbocycles. The van der Waals surface area contributed by atoms with Gasteiger partial charge in [0.05, 0.1) is 44.1 Å². The first-order valence-electron chi connectivity index (χ1n) is 7.17. The lowest BCUT2D eigenvalue weighted by Crippen LogP contribution is -2.46. The molecule has 4 heterocycles. The highest BCUT2D eigenvalue weighted by Gasteiger charge is 2.46. The van der Waals surface area contributed by atoms with Crippen LogP contribution in [0.4, 0.5) is 0 Å². The Morgan fingerprint density at radius 3 is 1.50 bits per heavy atom. The van der Waals surface area contributed by atoms with E-state index in [1.54, 1.807) is 0 Å². The average Bonchev–Trinajstić information content (AvgIpc) is 3.18. The van der Waals surface area contributed by atoms with Gasteiger partial charge in [0.25, 0.3) is 0 Å². The van der Waals surface area contributed by atoms with Gasteiger partial charge in [0.15, 0.2) is 0 Å². The highest BCUT2D eigenvalue weighted by Crippen LogP contribution is 2.30. The maximum absolute atomic E-state index is 9.03. The Bertz CT molecular complexity index is 289. The molecule has 0 aromatic carbocycles. The van der Waals surface area contributed by atoms with Gasteiger partial charge in [-0.3, -0.25) is 0 Å². The van der Waals surface area contributed by atoms with Crippen molar-refractivity contribution in [2.75, 3.05) is 60.0 Å². The molecule has 0 aliphatic carbocycles. The molecule has 116 valence electrons. The van der Waals surface area contributed by atoms with Crippen LogP contribution in [0.25, 0.3) is 0 Å². The number of aliphatic hydroxyl groups is 1. The maximum atomic E-state index is 9.03. The Labute approximate surface area is 119 Å². The molecular formula is C13H24N2O5. The average molecular weight is 288 g/mol. The van der Waals surface area contributed by atoms with Gasteiger partial charge in [-0.1, -0.05) is 6.92 Å². The van der Waals surface area contributed by atoms with Crippen molar-refractivity contribution in [3.63, 3.8) is 0 Å². The lowest BCUT2D eigenvalue weighted by atomic mass is 9.99. The van der Waals surface area contributed by atoms with E-state index in [1.807, 2.05) is 4.90 Å². The van der Waals surface area contributed by atoms with E-state index in [-0.39, 0.29) is 17.7 Å². The second-order valence-corrected chi connectivity index (χ2v) is 5.95. The molecule has 0 radical (unpaired) electrons. The molecule has 4 saturated heterocycles. The van der Waals surface area contributed by atoms with Crippen LogP contribution in [0.15, 0.2) is 0 Å². The SMILES string of the molecule is CCC12COCN1COC2.OCC12COCN1COC2. The van der Waals surface area contributed by atoms with Gasteiger partial charge in [-0.05, 0) is 6.42 Å². The van der Waals surface area contributed by atoms with Crippen molar-refractivity contribution in [1.29, 1.82) is 0 Å². The van der Waals surface area contributed by atoms with Gasteiger partial charge < -0.3 is 24.1 Å². The smallest absolute Gasteiger partial charge is 0.102 e. The van der Waals surface area contributed by atoms with Crippen LogP contribution in [-0.4, -0.2) is 85.9 Å². The summed E-state index contributed by atoms with van der Waals surface area (Å²) in [4.78, 5) is 4.29. The molecule has 4 aliphatic rings. The molecule has 4 aliphatic heterocycles. The molecule has 7 nitrogen and oxygen atoms in total. The molecule has 7 heteroatoms. The summed E-state index contributed by atoms with van der Waals surface area (Å²) in [7, 11) is 0. The van der Waals surface area contributed by atoms with Crippen LogP contribution < -0.4 is 0 Å². The molecule has 20 heavy (non-hydrogen) atoms. The second kappa shape index (κ2) is 5.84. The molecule has 0 atom stereocenters. The fourth-order valence-corrected chi connectivity index (χ4v) is 3.07. The number of rotatable bonds is 2. The molecule has 1 N–H and O–H groups in total. The van der Waals surface area contributed by atoms with Gasteiger partial charge in [-0.2, -0.15) is 0 Å². The predicted molar refractivity (Wildman–Crippen MR) is 69.8 cm³/mol. The van der Waals surface area contributed by atoms with Crippen LogP contribution in [0.2, 0.25) is 0 Å². The molecular weight excluding hydrogens is 264 g/mol. The zero-order valence-electron chi connectivity index (χ0n) is 12.0. The molecule has 4 rings (SSSR count). The summed E-state index contributed by atoms with van der Waals surface area (Å²) >= 11 is 0. The summed E-state index contributed by atoms with van der Waals surface area (Å²) in [5.74, 6) is 0. The topological polar surface area (TPSA) is 63.6 Å². The van der Waals surface area contributed by atoms with E-state index in [2.05, 4.69) is 11.8 Å². The van der Waals surface area contributed by atoms with Crippen molar-refractivity contribution in [2.24, 2.45) is 0 Å². The fraction of sp³-hybridized carbons (Fsp3) is 1.00. The van der Waals surface area contributed by atoms with Gasteiger partial charge in [-0.15, -0.1) is 0 Å². The van der Waals surface area contributed by atoms with Crippen molar-refractivity contribution >= 4 is 0 Å². The van der Waals surface area contributed by atoms with E-state index in [1.165, 1.54) is 0 Å². The summed E-state index contributed by atoms with van der Waals surface area (Å²) in [6.45, 7) is 7.94. The quantitative estimate of drug-likeness (QED) is 0.728. The third kappa shape index (κ3) is 2.37. The molecule has 0 amide bonds. The Hall–Kier alpha value is -0.280. The van der Waals surface area contributed by atoms with Gasteiger partial charge in [0, 0.05) is 0 Å². The Morgan fingerprint density at radius 1 is 0.800 bits per heavy atom. The van der Waals surface area contributed by atoms with Crippen LogP contribution in [0, 0.1) is 0 Å². The standard InChI is InChI=1S/C7H13NO2.C6H11NO3/c1-2-7-3-9-5-8(7)6-10-4-7;8-1-6-2-9-4-7(6)5-10-3-6/h2-6H2,1H3;8H,1-5H2. The highest BCUT2D eigenvalue weighted by molar-refractivity contribution is 4.95. The lowest BCUT2D eigenvalue weighted by molar-refractivity contribution is 0.0692. The third-order valence-electron chi connectivity index (χ3n) is 4.77. The van der Waals surface area contributed by atoms with Crippen LogP contribution in [-0.2, 0) is 18.9 Å². The normalized spacial score (nSPS) is 30.9. The molecule has 4 fully saturated rings. The summed E-state index contributed by atoms with van der Waals surface area (Å²) < 4.78 is 21.1. The highest BCUT2D eigenvalue weighted by atomic mass is 16.6. The zero-order valence-corrected chi connectivity index (χ0v) is 12.0. The van der Waals surface area contributed by atoms with E-state index in [0.717, 1.165) is 33.1 Å². The van der Waals surface area contributed by atoms with Crippen LogP contribution in [0.1, 0.15) is 13.3 Å². The lowest BCUT2D eigenvalue weighted by Gasteiger charge is -2.24. The van der Waals surface area contributed by atoms with Gasteiger partial charge >= 0.3 is 0 Å². The minimum atomic E-state index is -0.208. The van der Waals surface area contributed by atoms with Crippen molar-refractivity contribution in [2.45, 2.75) is 24.4 Å². The summed E-state index contributed by atoms with van der Waals surface area (Å²) in [6.07, 6.45) is 1.13. The number of aliphatic hydroxyl groups excluding tert-OH is 1.